The van der Waals surface area contributed by atoms with Gasteiger partial charge in [0.25, 0.3) is 0 Å². The number of aliphatic carboxylic acids is 1. The van der Waals surface area contributed by atoms with Crippen LogP contribution in [0.2, 0.25) is 5.02 Å². The van der Waals surface area contributed by atoms with Gasteiger partial charge in [-0.3, -0.25) is 0 Å². The maximum absolute atomic E-state index is 12.7. The summed E-state index contributed by atoms with van der Waals surface area (Å²) in [5.41, 5.74) is 3.08. The number of ether oxygens (including phenoxy) is 2. The molecule has 2 fully saturated rings. The molecule has 1 saturated carbocycles. The van der Waals surface area contributed by atoms with Crippen LogP contribution in [-0.2, 0) is 10.2 Å². The predicted octanol–water partition coefficient (Wildman–Crippen LogP) is 5.62. The SMILES string of the molecule is COc1ccc([C@@]23CC[C@@H](NC(=O)Nc4ccc(Cl)cc4C)C[C@@H]2N(C)CC3)cc1OC.O=C(O)C(F)(F)F. The van der Waals surface area contributed by atoms with E-state index in [0.29, 0.717) is 11.1 Å². The third-order valence-corrected chi connectivity index (χ3v) is 7.74. The largest absolute Gasteiger partial charge is 0.493 e. The van der Waals surface area contributed by atoms with E-state index in [-0.39, 0.29) is 17.5 Å². The highest BCUT2D eigenvalue weighted by Crippen LogP contribution is 2.49. The summed E-state index contributed by atoms with van der Waals surface area (Å²) in [4.78, 5) is 24.0. The molecule has 2 amide bonds. The fraction of sp³-hybridized carbons (Fsp3) is 0.481. The number of nitrogens with zero attached hydrogens (tertiary/aromatic N) is 1. The number of halogens is 4. The average molecular weight is 572 g/mol. The van der Waals surface area contributed by atoms with E-state index >= 15 is 0 Å². The number of methoxy groups -OCH3 is 2. The van der Waals surface area contributed by atoms with E-state index in [4.69, 9.17) is 31.0 Å². The van der Waals surface area contributed by atoms with Crippen LogP contribution < -0.4 is 20.1 Å². The zero-order valence-electron chi connectivity index (χ0n) is 22.2. The van der Waals surface area contributed by atoms with Gasteiger partial charge in [0.05, 0.1) is 14.2 Å². The number of hydrogen-bond donors (Lipinski definition) is 3. The highest BCUT2D eigenvalue weighted by Gasteiger charge is 2.50. The number of fused-ring (bicyclic) bond motifs is 1. The second kappa shape index (κ2) is 12.3. The van der Waals surface area contributed by atoms with Gasteiger partial charge in [-0.2, -0.15) is 13.2 Å². The number of likely N-dealkylation sites (tertiary alicyclic amines) is 1. The number of aryl methyl sites for hydroxylation is 1. The molecule has 3 N–H and O–H groups in total. The molecule has 0 radical (unpaired) electrons. The van der Waals surface area contributed by atoms with Gasteiger partial charge in [0, 0.05) is 28.2 Å². The Bertz CT molecular complexity index is 1200. The number of carboxylic acids is 1. The van der Waals surface area contributed by atoms with Crippen LogP contribution in [0.3, 0.4) is 0 Å². The smallest absolute Gasteiger partial charge is 0.490 e. The summed E-state index contributed by atoms with van der Waals surface area (Å²) in [6, 6.07) is 12.1. The molecule has 1 aliphatic heterocycles. The number of anilines is 1. The Morgan fingerprint density at radius 2 is 1.77 bits per heavy atom. The maximum atomic E-state index is 12.7. The van der Waals surface area contributed by atoms with Crippen LogP contribution in [0.4, 0.5) is 23.7 Å². The number of carbonyl (C=O) groups excluding carboxylic acids is 1. The van der Waals surface area contributed by atoms with Crippen molar-refractivity contribution in [2.45, 2.75) is 56.3 Å². The summed E-state index contributed by atoms with van der Waals surface area (Å²) in [6.45, 7) is 2.98. The Morgan fingerprint density at radius 1 is 1.10 bits per heavy atom. The van der Waals surface area contributed by atoms with Gasteiger partial charge in [-0.15, -0.1) is 0 Å². The number of rotatable bonds is 5. The Kier molecular flexibility index (Phi) is 9.60. The molecule has 0 unspecified atom stereocenters. The van der Waals surface area contributed by atoms with Crippen molar-refractivity contribution in [3.8, 4) is 11.5 Å². The van der Waals surface area contributed by atoms with Gasteiger partial charge in [0.15, 0.2) is 11.5 Å². The van der Waals surface area contributed by atoms with Gasteiger partial charge in [-0.25, -0.2) is 9.59 Å². The van der Waals surface area contributed by atoms with Crippen LogP contribution in [0.1, 0.15) is 36.8 Å². The topological polar surface area (TPSA) is 100 Å². The van der Waals surface area contributed by atoms with Crippen molar-refractivity contribution >= 4 is 29.3 Å². The van der Waals surface area contributed by atoms with Crippen molar-refractivity contribution in [3.05, 3.63) is 52.5 Å². The van der Waals surface area contributed by atoms with Crippen LogP contribution in [-0.4, -0.2) is 68.1 Å². The highest BCUT2D eigenvalue weighted by atomic mass is 35.5. The fourth-order valence-corrected chi connectivity index (χ4v) is 5.73. The summed E-state index contributed by atoms with van der Waals surface area (Å²) < 4.78 is 42.7. The first-order chi connectivity index (χ1) is 18.3. The molecule has 3 atom stereocenters. The van der Waals surface area contributed by atoms with Crippen molar-refractivity contribution in [1.29, 1.82) is 0 Å². The molecule has 0 bridgehead atoms. The van der Waals surface area contributed by atoms with Gasteiger partial charge in [0.2, 0.25) is 0 Å². The Hall–Kier alpha value is -3.18. The minimum Gasteiger partial charge on any atom is -0.493 e. The Balaban J connectivity index is 0.000000532. The number of hydrogen-bond acceptors (Lipinski definition) is 5. The van der Waals surface area contributed by atoms with Crippen LogP contribution >= 0.6 is 11.6 Å². The first-order valence-electron chi connectivity index (χ1n) is 12.4. The third-order valence-electron chi connectivity index (χ3n) is 7.50. The third kappa shape index (κ3) is 7.07. The molecule has 1 heterocycles. The summed E-state index contributed by atoms with van der Waals surface area (Å²) >= 11 is 6.03. The molecule has 0 aromatic heterocycles. The number of nitrogens with one attached hydrogen (secondary N) is 2. The van der Waals surface area contributed by atoms with E-state index in [9.17, 15) is 18.0 Å². The molecule has 2 aromatic rings. The highest BCUT2D eigenvalue weighted by molar-refractivity contribution is 6.30. The lowest BCUT2D eigenvalue weighted by atomic mass is 9.65. The minimum atomic E-state index is -5.08. The van der Waals surface area contributed by atoms with Crippen molar-refractivity contribution in [2.75, 3.05) is 33.1 Å². The zero-order valence-corrected chi connectivity index (χ0v) is 22.9. The molecule has 8 nitrogen and oxygen atoms in total. The normalized spacial score (nSPS) is 22.7. The molecular weight excluding hydrogens is 539 g/mol. The predicted molar refractivity (Wildman–Crippen MR) is 142 cm³/mol. The van der Waals surface area contributed by atoms with Crippen LogP contribution in [0.5, 0.6) is 11.5 Å². The lowest BCUT2D eigenvalue weighted by molar-refractivity contribution is -0.192. The molecule has 0 spiro atoms. The molecule has 2 aliphatic rings. The number of benzene rings is 2. The van der Waals surface area contributed by atoms with E-state index in [2.05, 4.69) is 34.7 Å². The van der Waals surface area contributed by atoms with Gasteiger partial charge in [-0.1, -0.05) is 17.7 Å². The molecule has 2 aromatic carbocycles. The van der Waals surface area contributed by atoms with E-state index in [1.165, 1.54) is 5.56 Å². The summed E-state index contributed by atoms with van der Waals surface area (Å²) in [5.74, 6) is -1.24. The van der Waals surface area contributed by atoms with Gasteiger partial charge >= 0.3 is 18.2 Å². The Morgan fingerprint density at radius 3 is 2.36 bits per heavy atom. The molecule has 214 valence electrons. The Labute approximate surface area is 230 Å². The van der Waals surface area contributed by atoms with Crippen molar-refractivity contribution < 1.29 is 37.3 Å². The number of carboxylic acid groups (broad SMARTS) is 1. The molecule has 12 heteroatoms. The first kappa shape index (κ1) is 30.4. The van der Waals surface area contributed by atoms with Crippen LogP contribution in [0.25, 0.3) is 0 Å². The molecule has 1 aliphatic carbocycles. The lowest BCUT2D eigenvalue weighted by Crippen LogP contribution is -2.52. The monoisotopic (exact) mass is 571 g/mol. The number of carbonyl (C=O) groups is 2. The van der Waals surface area contributed by atoms with Gasteiger partial charge < -0.3 is 30.1 Å². The molecule has 39 heavy (non-hydrogen) atoms. The summed E-state index contributed by atoms with van der Waals surface area (Å²) in [6.07, 6.45) is -1.11. The average Bonchev–Trinajstić information content (AvgIpc) is 3.22. The standard InChI is InChI=1S/C25H32ClN3O3.C2HF3O2/c1-16-13-18(26)6-7-20(16)28-24(30)27-19-9-10-25(11-12-29(2)23(25)15-19)17-5-8-21(31-3)22(14-17)32-4;3-2(4,5)1(6)7/h5-8,13-14,19,23H,9-12,15H2,1-4H3,(H2,27,28,30);(H,6,7)/t19-,23+,25+;/m1./s1. The number of alkyl halides is 3. The van der Waals surface area contributed by atoms with E-state index < -0.39 is 12.1 Å². The van der Waals surface area contributed by atoms with Gasteiger partial charge in [0.1, 0.15) is 0 Å². The molecule has 4 rings (SSSR count). The quantitative estimate of drug-likeness (QED) is 0.431. The van der Waals surface area contributed by atoms with Crippen molar-refractivity contribution in [1.82, 2.24) is 10.2 Å². The van der Waals surface area contributed by atoms with Crippen molar-refractivity contribution in [3.63, 3.8) is 0 Å². The van der Waals surface area contributed by atoms with E-state index in [1.807, 2.05) is 25.1 Å². The zero-order chi connectivity index (χ0) is 29.0. The first-order valence-corrected chi connectivity index (χ1v) is 12.7. The number of amides is 2. The van der Waals surface area contributed by atoms with E-state index in [1.54, 1.807) is 20.3 Å². The second-order valence-corrected chi connectivity index (χ2v) is 10.2. The van der Waals surface area contributed by atoms with Gasteiger partial charge in [-0.05, 0) is 87.7 Å². The van der Waals surface area contributed by atoms with Crippen LogP contribution in [0.15, 0.2) is 36.4 Å². The van der Waals surface area contributed by atoms with Crippen LogP contribution in [0, 0.1) is 6.92 Å². The minimum absolute atomic E-state index is 0.0652. The summed E-state index contributed by atoms with van der Waals surface area (Å²) in [5, 5.41) is 14.0. The second-order valence-electron chi connectivity index (χ2n) is 9.80. The fourth-order valence-electron chi connectivity index (χ4n) is 5.51. The maximum Gasteiger partial charge on any atom is 0.490 e. The number of urea groups is 1. The van der Waals surface area contributed by atoms with Crippen molar-refractivity contribution in [2.24, 2.45) is 0 Å². The summed E-state index contributed by atoms with van der Waals surface area (Å²) in [7, 11) is 5.53. The molecule has 1 saturated heterocycles. The lowest BCUT2D eigenvalue weighted by Gasteiger charge is -2.45. The number of likely N-dealkylation sites (N-methyl/N-ethyl adjacent to an activating group) is 1. The molecular formula is C27H33ClF3N3O5. The van der Waals surface area contributed by atoms with E-state index in [0.717, 1.165) is 55.0 Å².